The fraction of sp³-hybridized carbons (Fsp3) is 0.368. The largest absolute Gasteiger partial charge is 0.497 e. The van der Waals surface area contributed by atoms with E-state index in [4.69, 9.17) is 14.5 Å². The number of benzene rings is 1. The predicted molar refractivity (Wildman–Crippen MR) is 100 cm³/mol. The molecule has 2 aliphatic rings. The number of fused-ring (bicyclic) bond motifs is 1. The minimum absolute atomic E-state index is 0.0292. The number of ether oxygens (including phenoxy) is 2. The first-order valence-electron chi connectivity index (χ1n) is 8.35. The summed E-state index contributed by atoms with van der Waals surface area (Å²) in [6.45, 7) is 3.22. The molecule has 3 heterocycles. The van der Waals surface area contributed by atoms with E-state index in [9.17, 15) is 0 Å². The van der Waals surface area contributed by atoms with E-state index >= 15 is 0 Å². The lowest BCUT2D eigenvalue weighted by molar-refractivity contribution is 0.306. The molecule has 2 aliphatic heterocycles. The van der Waals surface area contributed by atoms with Crippen LogP contribution in [0.2, 0.25) is 0 Å². The van der Waals surface area contributed by atoms with E-state index in [1.54, 1.807) is 14.2 Å². The molecule has 0 amide bonds. The maximum absolute atomic E-state index is 5.67. The van der Waals surface area contributed by atoms with Crippen LogP contribution >= 0.6 is 11.8 Å². The number of amidine groups is 1. The second-order valence-electron chi connectivity index (χ2n) is 6.24. The molecule has 1 fully saturated rings. The van der Waals surface area contributed by atoms with Gasteiger partial charge in [0.1, 0.15) is 17.5 Å². The van der Waals surface area contributed by atoms with Crippen LogP contribution in [0.15, 0.2) is 47.6 Å². The van der Waals surface area contributed by atoms with Gasteiger partial charge in [0.25, 0.3) is 0 Å². The molecule has 0 bridgehead atoms. The highest BCUT2D eigenvalue weighted by Gasteiger charge is 2.44. The summed E-state index contributed by atoms with van der Waals surface area (Å²) in [5, 5.41) is 1.64. The summed E-state index contributed by atoms with van der Waals surface area (Å²) >= 11 is 1.84. The molecule has 5 nitrogen and oxygen atoms in total. The highest BCUT2D eigenvalue weighted by molar-refractivity contribution is 8.14. The number of methoxy groups -OCH3 is 2. The summed E-state index contributed by atoms with van der Waals surface area (Å²) in [7, 11) is 3.37. The summed E-state index contributed by atoms with van der Waals surface area (Å²) in [4.78, 5) is 12.0. The van der Waals surface area contributed by atoms with Crippen molar-refractivity contribution in [3.63, 3.8) is 0 Å². The van der Waals surface area contributed by atoms with Crippen molar-refractivity contribution in [2.45, 2.75) is 24.3 Å². The van der Waals surface area contributed by atoms with Crippen molar-refractivity contribution < 1.29 is 9.47 Å². The quantitative estimate of drug-likeness (QED) is 0.837. The van der Waals surface area contributed by atoms with Gasteiger partial charge < -0.3 is 14.4 Å². The van der Waals surface area contributed by atoms with E-state index in [2.05, 4.69) is 22.9 Å². The lowest BCUT2D eigenvalue weighted by Crippen LogP contribution is -2.28. The topological polar surface area (TPSA) is 47.0 Å². The zero-order chi connectivity index (χ0) is 17.4. The Hall–Kier alpha value is -2.21. The Morgan fingerprint density at radius 2 is 2.04 bits per heavy atom. The van der Waals surface area contributed by atoms with Gasteiger partial charge in [-0.3, -0.25) is 9.98 Å². The molecule has 4 rings (SSSR count). The van der Waals surface area contributed by atoms with Crippen molar-refractivity contribution in [2.24, 2.45) is 4.99 Å². The Kier molecular flexibility index (Phi) is 4.29. The fourth-order valence-corrected chi connectivity index (χ4v) is 4.61. The highest BCUT2D eigenvalue weighted by atomic mass is 32.2. The summed E-state index contributed by atoms with van der Waals surface area (Å²) < 4.78 is 11.0. The first-order chi connectivity index (χ1) is 12.2. The van der Waals surface area contributed by atoms with Crippen molar-refractivity contribution in [3.8, 4) is 11.5 Å². The molecule has 130 valence electrons. The molecule has 1 saturated heterocycles. The Labute approximate surface area is 152 Å². The molecule has 25 heavy (non-hydrogen) atoms. The van der Waals surface area contributed by atoms with Crippen molar-refractivity contribution in [2.75, 3.05) is 20.8 Å². The maximum atomic E-state index is 5.67. The molecule has 1 aromatic heterocycles. The Morgan fingerprint density at radius 3 is 2.76 bits per heavy atom. The molecular weight excluding hydrogens is 334 g/mol. The van der Waals surface area contributed by atoms with Gasteiger partial charge in [0, 0.05) is 29.6 Å². The van der Waals surface area contributed by atoms with Crippen molar-refractivity contribution in [1.82, 2.24) is 9.88 Å². The zero-order valence-corrected chi connectivity index (χ0v) is 15.4. The van der Waals surface area contributed by atoms with E-state index in [-0.39, 0.29) is 12.1 Å². The summed E-state index contributed by atoms with van der Waals surface area (Å²) in [5.74, 6) is 1.62. The van der Waals surface area contributed by atoms with Crippen LogP contribution in [0, 0.1) is 0 Å². The number of hydrogen-bond donors (Lipinski definition) is 0. The third-order valence-electron chi connectivity index (χ3n) is 4.64. The standard InChI is InChI=1S/C19H21N3O2S/c1-12-11-22-18(14-8-7-13(23-2)10-16(14)24-3)17(21-19(22)25-12)15-6-4-5-9-20-15/h4-10,12,17-18H,11H2,1-3H3/t12-,17-,18-/m1/s1. The van der Waals surface area contributed by atoms with Crippen LogP contribution in [0.3, 0.4) is 0 Å². The second kappa shape index (κ2) is 6.59. The van der Waals surface area contributed by atoms with Crippen LogP contribution in [0.4, 0.5) is 0 Å². The molecule has 0 N–H and O–H groups in total. The van der Waals surface area contributed by atoms with Crippen molar-refractivity contribution >= 4 is 16.9 Å². The highest BCUT2D eigenvalue weighted by Crippen LogP contribution is 2.49. The normalized spacial score (nSPS) is 24.8. The molecule has 1 aromatic carbocycles. The smallest absolute Gasteiger partial charge is 0.160 e. The van der Waals surface area contributed by atoms with Crippen LogP contribution in [0.5, 0.6) is 11.5 Å². The number of thioether (sulfide) groups is 1. The molecule has 2 aromatic rings. The molecule has 6 heteroatoms. The molecule has 0 unspecified atom stereocenters. The second-order valence-corrected chi connectivity index (χ2v) is 7.65. The van der Waals surface area contributed by atoms with E-state index < -0.39 is 0 Å². The van der Waals surface area contributed by atoms with Gasteiger partial charge in [-0.05, 0) is 24.3 Å². The number of hydrogen-bond acceptors (Lipinski definition) is 6. The van der Waals surface area contributed by atoms with Crippen LogP contribution < -0.4 is 9.47 Å². The molecule has 0 spiro atoms. The predicted octanol–water partition coefficient (Wildman–Crippen LogP) is 3.69. The number of aromatic nitrogens is 1. The Bertz CT molecular complexity index is 797. The monoisotopic (exact) mass is 355 g/mol. The van der Waals surface area contributed by atoms with Gasteiger partial charge >= 0.3 is 0 Å². The first kappa shape index (κ1) is 16.3. The van der Waals surface area contributed by atoms with Crippen LogP contribution in [0.1, 0.15) is 30.3 Å². The molecule has 0 aliphatic carbocycles. The van der Waals surface area contributed by atoms with Gasteiger partial charge in [0.2, 0.25) is 0 Å². The van der Waals surface area contributed by atoms with Gasteiger partial charge in [-0.15, -0.1) is 0 Å². The maximum Gasteiger partial charge on any atom is 0.160 e. The number of nitrogens with zero attached hydrogens (tertiary/aromatic N) is 3. The number of aliphatic imine (C=N–C) groups is 1. The SMILES string of the molecule is COc1ccc([C@@H]2[C@@H](c3ccccn3)N=C3S[C@H](C)CN32)c(OC)c1. The minimum Gasteiger partial charge on any atom is -0.497 e. The molecule has 0 saturated carbocycles. The van der Waals surface area contributed by atoms with E-state index in [1.165, 1.54) is 0 Å². The van der Waals surface area contributed by atoms with E-state index in [1.807, 2.05) is 48.3 Å². The molecule has 3 atom stereocenters. The third kappa shape index (κ3) is 2.84. The number of rotatable bonds is 4. The third-order valence-corrected chi connectivity index (χ3v) is 5.74. The summed E-state index contributed by atoms with van der Waals surface area (Å²) in [6.07, 6.45) is 1.83. The molecule has 0 radical (unpaired) electrons. The fourth-order valence-electron chi connectivity index (χ4n) is 3.52. The van der Waals surface area contributed by atoms with Crippen LogP contribution in [-0.2, 0) is 0 Å². The van der Waals surface area contributed by atoms with Gasteiger partial charge in [-0.1, -0.05) is 24.8 Å². The number of pyridine rings is 1. The zero-order valence-electron chi connectivity index (χ0n) is 14.5. The Morgan fingerprint density at radius 1 is 1.16 bits per heavy atom. The average molecular weight is 355 g/mol. The van der Waals surface area contributed by atoms with Crippen molar-refractivity contribution in [1.29, 1.82) is 0 Å². The van der Waals surface area contributed by atoms with Gasteiger partial charge in [-0.25, -0.2) is 0 Å². The first-order valence-corrected chi connectivity index (χ1v) is 9.23. The Balaban J connectivity index is 1.80. The average Bonchev–Trinajstić information content (AvgIpc) is 3.17. The van der Waals surface area contributed by atoms with Crippen molar-refractivity contribution in [3.05, 3.63) is 53.9 Å². The van der Waals surface area contributed by atoms with Crippen LogP contribution in [-0.4, -0.2) is 41.1 Å². The van der Waals surface area contributed by atoms with Gasteiger partial charge in [-0.2, -0.15) is 0 Å². The van der Waals surface area contributed by atoms with Gasteiger partial charge in [0.05, 0.1) is 26.0 Å². The van der Waals surface area contributed by atoms with E-state index in [0.29, 0.717) is 5.25 Å². The van der Waals surface area contributed by atoms with Crippen LogP contribution in [0.25, 0.3) is 0 Å². The lowest BCUT2D eigenvalue weighted by atomic mass is 9.95. The minimum atomic E-state index is -0.0292. The molecular formula is C19H21N3O2S. The summed E-state index contributed by atoms with van der Waals surface area (Å²) in [6, 6.07) is 12.1. The lowest BCUT2D eigenvalue weighted by Gasteiger charge is -2.28. The van der Waals surface area contributed by atoms with Gasteiger partial charge in [0.15, 0.2) is 5.17 Å². The van der Waals surface area contributed by atoms with E-state index in [0.717, 1.165) is 34.5 Å². The summed E-state index contributed by atoms with van der Waals surface area (Å²) in [5.41, 5.74) is 2.10.